The SMILES string of the molecule is COc1ccc(C[C@@H]2C[C@@H]3NC(=O)CCCC[C@H]3N2C(=O)COc2ccccc2F)cc1. The van der Waals surface area contributed by atoms with Crippen molar-refractivity contribution in [1.29, 1.82) is 0 Å². The molecule has 0 saturated carbocycles. The Morgan fingerprint density at radius 2 is 1.94 bits per heavy atom. The topological polar surface area (TPSA) is 67.9 Å². The number of hydrogen-bond acceptors (Lipinski definition) is 4. The number of para-hydroxylation sites is 1. The summed E-state index contributed by atoms with van der Waals surface area (Å²) in [6, 6.07) is 13.6. The van der Waals surface area contributed by atoms with Crippen LogP contribution in [0.1, 0.15) is 37.7 Å². The molecule has 0 unspecified atom stereocenters. The second-order valence-electron chi connectivity index (χ2n) is 8.45. The normalized spacial score (nSPS) is 23.0. The molecule has 2 aliphatic rings. The van der Waals surface area contributed by atoms with Gasteiger partial charge < -0.3 is 19.7 Å². The summed E-state index contributed by atoms with van der Waals surface area (Å²) >= 11 is 0. The van der Waals surface area contributed by atoms with Crippen molar-refractivity contribution in [3.63, 3.8) is 0 Å². The van der Waals surface area contributed by atoms with E-state index in [0.29, 0.717) is 19.3 Å². The molecule has 2 aromatic rings. The van der Waals surface area contributed by atoms with E-state index in [9.17, 15) is 14.0 Å². The maximum Gasteiger partial charge on any atom is 0.261 e. The molecule has 4 rings (SSSR count). The molecular formula is C25H29FN2O4. The first kappa shape index (κ1) is 22.1. The minimum Gasteiger partial charge on any atom is -0.497 e. The first-order valence-electron chi connectivity index (χ1n) is 11.2. The highest BCUT2D eigenvalue weighted by molar-refractivity contribution is 5.80. The van der Waals surface area contributed by atoms with E-state index < -0.39 is 5.82 Å². The monoisotopic (exact) mass is 440 g/mol. The second kappa shape index (κ2) is 10.0. The molecule has 32 heavy (non-hydrogen) atoms. The second-order valence-corrected chi connectivity index (χ2v) is 8.45. The molecule has 7 heteroatoms. The third-order valence-electron chi connectivity index (χ3n) is 6.35. The highest BCUT2D eigenvalue weighted by Gasteiger charge is 2.44. The van der Waals surface area contributed by atoms with Gasteiger partial charge in [-0.05, 0) is 55.5 Å². The summed E-state index contributed by atoms with van der Waals surface area (Å²) in [6.07, 6.45) is 4.41. The van der Waals surface area contributed by atoms with Crippen molar-refractivity contribution >= 4 is 11.8 Å². The molecule has 2 aliphatic heterocycles. The summed E-state index contributed by atoms with van der Waals surface area (Å²) in [7, 11) is 1.63. The highest BCUT2D eigenvalue weighted by Crippen LogP contribution is 2.32. The van der Waals surface area contributed by atoms with Crippen LogP contribution in [-0.2, 0) is 16.0 Å². The van der Waals surface area contributed by atoms with Crippen LogP contribution in [0.15, 0.2) is 48.5 Å². The lowest BCUT2D eigenvalue weighted by Gasteiger charge is -2.33. The number of rotatable bonds is 6. The van der Waals surface area contributed by atoms with Gasteiger partial charge in [0.2, 0.25) is 5.91 Å². The van der Waals surface area contributed by atoms with Crippen LogP contribution in [0.25, 0.3) is 0 Å². The van der Waals surface area contributed by atoms with Crippen LogP contribution in [0.5, 0.6) is 11.5 Å². The smallest absolute Gasteiger partial charge is 0.261 e. The summed E-state index contributed by atoms with van der Waals surface area (Å²) in [6.45, 7) is -0.239. The van der Waals surface area contributed by atoms with E-state index >= 15 is 0 Å². The van der Waals surface area contributed by atoms with E-state index in [2.05, 4.69) is 5.32 Å². The summed E-state index contributed by atoms with van der Waals surface area (Å²) in [5.74, 6) is 0.205. The van der Waals surface area contributed by atoms with Crippen molar-refractivity contribution < 1.29 is 23.5 Å². The lowest BCUT2D eigenvalue weighted by molar-refractivity contribution is -0.137. The molecule has 2 heterocycles. The fourth-order valence-electron chi connectivity index (χ4n) is 4.82. The number of nitrogens with one attached hydrogen (secondary N) is 1. The number of hydrogen-bond donors (Lipinski definition) is 1. The van der Waals surface area contributed by atoms with Crippen LogP contribution in [0, 0.1) is 5.82 Å². The van der Waals surface area contributed by atoms with Crippen molar-refractivity contribution in [2.75, 3.05) is 13.7 Å². The Hall–Kier alpha value is -3.09. The van der Waals surface area contributed by atoms with Crippen molar-refractivity contribution in [2.45, 2.75) is 56.7 Å². The van der Waals surface area contributed by atoms with Crippen LogP contribution >= 0.6 is 0 Å². The van der Waals surface area contributed by atoms with Gasteiger partial charge in [-0.1, -0.05) is 30.7 Å². The maximum absolute atomic E-state index is 13.9. The predicted octanol–water partition coefficient (Wildman–Crippen LogP) is 3.48. The third kappa shape index (κ3) is 5.03. The Labute approximate surface area is 187 Å². The Morgan fingerprint density at radius 3 is 2.69 bits per heavy atom. The number of fused-ring (bicyclic) bond motifs is 1. The van der Waals surface area contributed by atoms with Crippen molar-refractivity contribution in [3.05, 3.63) is 59.9 Å². The van der Waals surface area contributed by atoms with Gasteiger partial charge in [0.15, 0.2) is 18.2 Å². The first-order chi connectivity index (χ1) is 15.5. The number of ether oxygens (including phenoxy) is 2. The van der Waals surface area contributed by atoms with Gasteiger partial charge in [-0.15, -0.1) is 0 Å². The molecule has 2 aromatic carbocycles. The molecule has 1 N–H and O–H groups in total. The van der Waals surface area contributed by atoms with Crippen LogP contribution < -0.4 is 14.8 Å². The third-order valence-corrected chi connectivity index (χ3v) is 6.35. The first-order valence-corrected chi connectivity index (χ1v) is 11.2. The molecule has 0 radical (unpaired) electrons. The largest absolute Gasteiger partial charge is 0.497 e. The minimum absolute atomic E-state index is 0.0415. The Bertz CT molecular complexity index is 949. The summed E-state index contributed by atoms with van der Waals surface area (Å²) in [5, 5.41) is 3.13. The molecule has 2 saturated heterocycles. The number of nitrogens with zero attached hydrogens (tertiary/aromatic N) is 1. The number of carbonyl (C=O) groups is 2. The molecule has 6 nitrogen and oxygen atoms in total. The summed E-state index contributed by atoms with van der Waals surface area (Å²) in [4.78, 5) is 27.4. The fourth-order valence-corrected chi connectivity index (χ4v) is 4.82. The fraction of sp³-hybridized carbons (Fsp3) is 0.440. The van der Waals surface area contributed by atoms with E-state index in [1.807, 2.05) is 29.2 Å². The van der Waals surface area contributed by atoms with Gasteiger partial charge in [-0.3, -0.25) is 9.59 Å². The Morgan fingerprint density at radius 1 is 1.16 bits per heavy atom. The lowest BCUT2D eigenvalue weighted by Crippen LogP contribution is -2.50. The zero-order chi connectivity index (χ0) is 22.5. The number of carbonyl (C=O) groups excluding carboxylic acids is 2. The van der Waals surface area contributed by atoms with Gasteiger partial charge in [0.05, 0.1) is 19.2 Å². The standard InChI is InChI=1S/C25H29FN2O4/c1-31-19-12-10-17(11-13-19)14-18-15-21-22(7-3-5-9-24(29)27-21)28(18)25(30)16-32-23-8-4-2-6-20(23)26/h2,4,6,8,10-13,18,21-22H,3,5,7,9,14-16H2,1H3,(H,27,29)/t18-,21+,22-/m1/s1. The Balaban J connectivity index is 1.53. The van der Waals surface area contributed by atoms with Crippen LogP contribution in [0.4, 0.5) is 4.39 Å². The van der Waals surface area contributed by atoms with Gasteiger partial charge in [0, 0.05) is 12.5 Å². The van der Waals surface area contributed by atoms with Crippen molar-refractivity contribution in [2.24, 2.45) is 0 Å². The minimum atomic E-state index is -0.493. The molecule has 0 spiro atoms. The zero-order valence-corrected chi connectivity index (χ0v) is 18.3. The number of halogens is 1. The number of benzene rings is 2. The van der Waals surface area contributed by atoms with E-state index in [1.54, 1.807) is 19.2 Å². The lowest BCUT2D eigenvalue weighted by atomic mass is 9.97. The molecule has 3 atom stereocenters. The van der Waals surface area contributed by atoms with Crippen LogP contribution in [-0.4, -0.2) is 48.6 Å². The molecule has 2 amide bonds. The number of methoxy groups -OCH3 is 1. The maximum atomic E-state index is 13.9. The van der Waals surface area contributed by atoms with Gasteiger partial charge >= 0.3 is 0 Å². The zero-order valence-electron chi connectivity index (χ0n) is 18.3. The van der Waals surface area contributed by atoms with Gasteiger partial charge in [0.25, 0.3) is 5.91 Å². The molecule has 170 valence electrons. The molecular weight excluding hydrogens is 411 g/mol. The number of likely N-dealkylation sites (tertiary alicyclic amines) is 1. The van der Waals surface area contributed by atoms with Crippen molar-refractivity contribution in [3.8, 4) is 11.5 Å². The molecule has 0 aromatic heterocycles. The number of amides is 2. The summed E-state index contributed by atoms with van der Waals surface area (Å²) in [5.41, 5.74) is 1.09. The van der Waals surface area contributed by atoms with Crippen LogP contribution in [0.2, 0.25) is 0 Å². The molecule has 2 fully saturated rings. The summed E-state index contributed by atoms with van der Waals surface area (Å²) < 4.78 is 24.7. The van der Waals surface area contributed by atoms with Crippen molar-refractivity contribution in [1.82, 2.24) is 10.2 Å². The molecule has 0 aliphatic carbocycles. The van der Waals surface area contributed by atoms with Gasteiger partial charge in [-0.25, -0.2) is 4.39 Å². The van der Waals surface area contributed by atoms with Gasteiger partial charge in [-0.2, -0.15) is 0 Å². The Kier molecular flexibility index (Phi) is 6.93. The average Bonchev–Trinajstić information content (AvgIpc) is 3.10. The average molecular weight is 441 g/mol. The highest BCUT2D eigenvalue weighted by atomic mass is 19.1. The van der Waals surface area contributed by atoms with E-state index in [0.717, 1.165) is 30.6 Å². The van der Waals surface area contributed by atoms with E-state index in [-0.39, 0.29) is 42.3 Å². The molecule has 0 bridgehead atoms. The van der Waals surface area contributed by atoms with Gasteiger partial charge in [0.1, 0.15) is 5.75 Å². The predicted molar refractivity (Wildman–Crippen MR) is 118 cm³/mol. The van der Waals surface area contributed by atoms with E-state index in [4.69, 9.17) is 9.47 Å². The van der Waals surface area contributed by atoms with E-state index in [1.165, 1.54) is 12.1 Å². The van der Waals surface area contributed by atoms with Crippen LogP contribution in [0.3, 0.4) is 0 Å². The quantitative estimate of drug-likeness (QED) is 0.747.